The topological polar surface area (TPSA) is 20.3 Å². The molecule has 0 spiro atoms. The number of benzene rings is 1. The van der Waals surface area contributed by atoms with Gasteiger partial charge in [-0.05, 0) is 24.3 Å². The zero-order chi connectivity index (χ0) is 10.8. The molecule has 0 aromatic heterocycles. The minimum absolute atomic E-state index is 0.255. The normalized spacial score (nSPS) is 24.4. The highest BCUT2D eigenvalue weighted by atomic mass is 16.2. The van der Waals surface area contributed by atoms with Crippen molar-refractivity contribution in [2.45, 2.75) is 18.8 Å². The molecule has 0 aliphatic heterocycles. The van der Waals surface area contributed by atoms with E-state index in [0.717, 1.165) is 12.8 Å². The lowest BCUT2D eigenvalue weighted by Gasteiger charge is -2.36. The van der Waals surface area contributed by atoms with E-state index in [9.17, 15) is 4.79 Å². The van der Waals surface area contributed by atoms with Crippen molar-refractivity contribution in [2.75, 3.05) is 14.1 Å². The minimum Gasteiger partial charge on any atom is -0.349 e. The lowest BCUT2D eigenvalue weighted by Crippen LogP contribution is -2.37. The van der Waals surface area contributed by atoms with Gasteiger partial charge in [0.05, 0.1) is 0 Å². The number of rotatable bonds is 2. The van der Waals surface area contributed by atoms with Crippen LogP contribution in [-0.2, 0) is 4.79 Å². The highest BCUT2D eigenvalue weighted by Gasteiger charge is 2.35. The van der Waals surface area contributed by atoms with Crippen LogP contribution in [0.1, 0.15) is 24.3 Å². The van der Waals surface area contributed by atoms with Crippen molar-refractivity contribution in [2.24, 2.45) is 5.92 Å². The third-order valence-electron chi connectivity index (χ3n) is 3.20. The van der Waals surface area contributed by atoms with Crippen LogP contribution in [0.15, 0.2) is 30.3 Å². The second kappa shape index (κ2) is 4.05. The molecule has 2 rings (SSSR count). The van der Waals surface area contributed by atoms with E-state index in [0.29, 0.717) is 5.92 Å². The molecule has 2 nitrogen and oxygen atoms in total. The maximum absolute atomic E-state index is 11.6. The van der Waals surface area contributed by atoms with E-state index in [1.165, 1.54) is 5.56 Å². The smallest absolute Gasteiger partial charge is 0.225 e. The lowest BCUT2D eigenvalue weighted by atomic mass is 9.71. The minimum atomic E-state index is 0.255. The van der Waals surface area contributed by atoms with Gasteiger partial charge in [-0.1, -0.05) is 30.3 Å². The molecule has 1 fully saturated rings. The highest BCUT2D eigenvalue weighted by molar-refractivity contribution is 5.79. The average Bonchev–Trinajstić information content (AvgIpc) is 2.17. The molecular weight excluding hydrogens is 186 g/mol. The summed E-state index contributed by atoms with van der Waals surface area (Å²) in [4.78, 5) is 13.3. The molecule has 0 bridgehead atoms. The van der Waals surface area contributed by atoms with Crippen LogP contribution in [0.3, 0.4) is 0 Å². The zero-order valence-electron chi connectivity index (χ0n) is 9.31. The Morgan fingerprint density at radius 3 is 2.33 bits per heavy atom. The van der Waals surface area contributed by atoms with Gasteiger partial charge in [-0.2, -0.15) is 0 Å². The Morgan fingerprint density at radius 1 is 1.20 bits per heavy atom. The molecule has 0 N–H and O–H groups in total. The van der Waals surface area contributed by atoms with Crippen molar-refractivity contribution >= 4 is 5.91 Å². The Bertz CT molecular complexity index is 339. The van der Waals surface area contributed by atoms with Crippen LogP contribution >= 0.6 is 0 Å². The molecule has 0 heterocycles. The van der Waals surface area contributed by atoms with Crippen molar-refractivity contribution < 1.29 is 4.79 Å². The van der Waals surface area contributed by atoms with Gasteiger partial charge in [-0.3, -0.25) is 4.79 Å². The summed E-state index contributed by atoms with van der Waals surface area (Å²) < 4.78 is 0. The highest BCUT2D eigenvalue weighted by Crippen LogP contribution is 2.42. The molecule has 80 valence electrons. The van der Waals surface area contributed by atoms with Crippen LogP contribution in [0.4, 0.5) is 0 Å². The quantitative estimate of drug-likeness (QED) is 0.722. The number of carbonyl (C=O) groups excluding carboxylic acids is 1. The molecule has 1 amide bonds. The Kier molecular flexibility index (Phi) is 2.76. The first-order valence-corrected chi connectivity index (χ1v) is 5.44. The van der Waals surface area contributed by atoms with Crippen LogP contribution in [-0.4, -0.2) is 24.9 Å². The van der Waals surface area contributed by atoms with Crippen molar-refractivity contribution in [1.82, 2.24) is 4.90 Å². The van der Waals surface area contributed by atoms with Crippen molar-refractivity contribution in [3.63, 3.8) is 0 Å². The standard InChI is InChI=1S/C13H17NO/c1-14(2)13(15)12-8-11(9-12)10-6-4-3-5-7-10/h3-7,11-12H,8-9H2,1-2H3. The van der Waals surface area contributed by atoms with E-state index in [1.807, 2.05) is 20.2 Å². The Morgan fingerprint density at radius 2 is 1.80 bits per heavy atom. The largest absolute Gasteiger partial charge is 0.349 e. The average molecular weight is 203 g/mol. The molecule has 0 radical (unpaired) electrons. The third kappa shape index (κ3) is 2.04. The molecule has 1 aliphatic carbocycles. The van der Waals surface area contributed by atoms with E-state index in [-0.39, 0.29) is 11.8 Å². The molecule has 2 heteroatoms. The molecular formula is C13H17NO. The van der Waals surface area contributed by atoms with Crippen LogP contribution in [0.2, 0.25) is 0 Å². The first-order chi connectivity index (χ1) is 7.18. The van der Waals surface area contributed by atoms with Gasteiger partial charge in [0.15, 0.2) is 0 Å². The monoisotopic (exact) mass is 203 g/mol. The van der Waals surface area contributed by atoms with Gasteiger partial charge in [-0.25, -0.2) is 0 Å². The summed E-state index contributed by atoms with van der Waals surface area (Å²) in [5.74, 6) is 1.13. The molecule has 0 atom stereocenters. The summed E-state index contributed by atoms with van der Waals surface area (Å²) in [6, 6.07) is 10.5. The van der Waals surface area contributed by atoms with E-state index < -0.39 is 0 Å². The van der Waals surface area contributed by atoms with E-state index >= 15 is 0 Å². The van der Waals surface area contributed by atoms with Crippen molar-refractivity contribution in [3.05, 3.63) is 35.9 Å². The second-order valence-corrected chi connectivity index (χ2v) is 4.51. The summed E-state index contributed by atoms with van der Waals surface area (Å²) in [6.07, 6.45) is 2.03. The van der Waals surface area contributed by atoms with Gasteiger partial charge < -0.3 is 4.90 Å². The fourth-order valence-corrected chi connectivity index (χ4v) is 2.18. The Labute approximate surface area is 90.9 Å². The summed E-state index contributed by atoms with van der Waals surface area (Å²) in [7, 11) is 3.66. The van der Waals surface area contributed by atoms with E-state index in [2.05, 4.69) is 24.3 Å². The predicted molar refractivity (Wildman–Crippen MR) is 60.6 cm³/mol. The van der Waals surface area contributed by atoms with Crippen LogP contribution in [0.5, 0.6) is 0 Å². The molecule has 1 saturated carbocycles. The SMILES string of the molecule is CN(C)C(=O)C1CC(c2ccccc2)C1. The summed E-state index contributed by atoms with van der Waals surface area (Å²) in [6.45, 7) is 0. The van der Waals surface area contributed by atoms with Crippen LogP contribution in [0, 0.1) is 5.92 Å². The second-order valence-electron chi connectivity index (χ2n) is 4.51. The number of amides is 1. The van der Waals surface area contributed by atoms with Crippen molar-refractivity contribution in [1.29, 1.82) is 0 Å². The van der Waals surface area contributed by atoms with Gasteiger partial charge in [0.1, 0.15) is 0 Å². The summed E-state index contributed by atoms with van der Waals surface area (Å²) in [5.41, 5.74) is 1.38. The summed E-state index contributed by atoms with van der Waals surface area (Å²) >= 11 is 0. The molecule has 1 aromatic rings. The molecule has 0 saturated heterocycles. The molecule has 1 aliphatic rings. The maximum atomic E-state index is 11.6. The van der Waals surface area contributed by atoms with Gasteiger partial charge >= 0.3 is 0 Å². The van der Waals surface area contributed by atoms with Gasteiger partial charge in [0, 0.05) is 20.0 Å². The number of nitrogens with zero attached hydrogens (tertiary/aromatic N) is 1. The molecule has 0 unspecified atom stereocenters. The number of carbonyl (C=O) groups is 1. The first kappa shape index (κ1) is 10.2. The first-order valence-electron chi connectivity index (χ1n) is 5.44. The Balaban J connectivity index is 1.92. The third-order valence-corrected chi connectivity index (χ3v) is 3.20. The van der Waals surface area contributed by atoms with Crippen LogP contribution < -0.4 is 0 Å². The Hall–Kier alpha value is -1.31. The zero-order valence-corrected chi connectivity index (χ0v) is 9.31. The molecule has 15 heavy (non-hydrogen) atoms. The van der Waals surface area contributed by atoms with Gasteiger partial charge in [0.25, 0.3) is 0 Å². The lowest BCUT2D eigenvalue weighted by molar-refractivity contribution is -0.136. The fourth-order valence-electron chi connectivity index (χ4n) is 2.18. The molecule has 1 aromatic carbocycles. The van der Waals surface area contributed by atoms with Gasteiger partial charge in [-0.15, -0.1) is 0 Å². The van der Waals surface area contributed by atoms with Gasteiger partial charge in [0.2, 0.25) is 5.91 Å². The number of hydrogen-bond donors (Lipinski definition) is 0. The van der Waals surface area contributed by atoms with E-state index in [4.69, 9.17) is 0 Å². The number of hydrogen-bond acceptors (Lipinski definition) is 1. The predicted octanol–water partition coefficient (Wildman–Crippen LogP) is 2.27. The van der Waals surface area contributed by atoms with Crippen molar-refractivity contribution in [3.8, 4) is 0 Å². The van der Waals surface area contributed by atoms with E-state index in [1.54, 1.807) is 4.90 Å². The van der Waals surface area contributed by atoms with Crippen LogP contribution in [0.25, 0.3) is 0 Å². The maximum Gasteiger partial charge on any atom is 0.225 e. The summed E-state index contributed by atoms with van der Waals surface area (Å²) in [5, 5.41) is 0. The fraction of sp³-hybridized carbons (Fsp3) is 0.462.